The van der Waals surface area contributed by atoms with Gasteiger partial charge < -0.3 is 25.3 Å². The molecule has 180 valence electrons. The Hall–Kier alpha value is -3.88. The second kappa shape index (κ2) is 10.6. The van der Waals surface area contributed by atoms with Crippen LogP contribution in [0.1, 0.15) is 17.2 Å². The van der Waals surface area contributed by atoms with Crippen molar-refractivity contribution in [2.75, 3.05) is 26.6 Å². The molecule has 3 aromatic carbocycles. The number of carbonyl (C=O) groups is 1. The monoisotopic (exact) mass is 489 g/mol. The van der Waals surface area contributed by atoms with E-state index in [0.29, 0.717) is 22.9 Å². The fraction of sp³-hybridized carbons (Fsp3) is 0.185. The number of rotatable bonds is 8. The summed E-state index contributed by atoms with van der Waals surface area (Å²) in [6.07, 6.45) is 0. The van der Waals surface area contributed by atoms with E-state index >= 15 is 0 Å². The quantitative estimate of drug-likeness (QED) is 0.342. The lowest BCUT2D eigenvalue weighted by molar-refractivity contribution is -0.117. The number of nitrogens with zero attached hydrogens (tertiary/aromatic N) is 1. The zero-order valence-electron chi connectivity index (χ0n) is 20.0. The van der Waals surface area contributed by atoms with Crippen LogP contribution in [0.4, 0.5) is 5.69 Å². The van der Waals surface area contributed by atoms with Gasteiger partial charge in [-0.2, -0.15) is 4.37 Å². The summed E-state index contributed by atoms with van der Waals surface area (Å²) in [6, 6.07) is 18.0. The summed E-state index contributed by atoms with van der Waals surface area (Å²) in [5, 5.41) is 4.90. The van der Waals surface area contributed by atoms with Crippen LogP contribution in [0.25, 0.3) is 22.4 Å². The van der Waals surface area contributed by atoms with Gasteiger partial charge in [0, 0.05) is 16.5 Å². The molecule has 0 bridgehead atoms. The fourth-order valence-corrected chi connectivity index (χ4v) is 4.65. The van der Waals surface area contributed by atoms with Crippen LogP contribution in [0.3, 0.4) is 0 Å². The molecule has 4 rings (SSSR count). The highest BCUT2D eigenvalue weighted by Gasteiger charge is 2.20. The summed E-state index contributed by atoms with van der Waals surface area (Å²) in [5.74, 6) is 1.54. The smallest absolute Gasteiger partial charge is 0.245 e. The highest BCUT2D eigenvalue weighted by molar-refractivity contribution is 7.04. The van der Waals surface area contributed by atoms with Gasteiger partial charge in [0.25, 0.3) is 0 Å². The first-order chi connectivity index (χ1) is 17.0. The molecule has 1 aromatic heterocycles. The molecule has 7 nitrogen and oxygen atoms in total. The third-order valence-electron chi connectivity index (χ3n) is 5.72. The number of hydrogen-bond acceptors (Lipinski definition) is 7. The van der Waals surface area contributed by atoms with Crippen LogP contribution in [0.2, 0.25) is 0 Å². The van der Waals surface area contributed by atoms with E-state index < -0.39 is 6.04 Å². The van der Waals surface area contributed by atoms with Crippen LogP contribution in [0.5, 0.6) is 17.2 Å². The Bertz CT molecular complexity index is 1340. The van der Waals surface area contributed by atoms with Crippen molar-refractivity contribution in [3.05, 3.63) is 77.2 Å². The van der Waals surface area contributed by atoms with Crippen molar-refractivity contribution in [1.29, 1.82) is 0 Å². The number of methoxy groups -OCH3 is 3. The normalized spacial score (nSPS) is 11.6. The van der Waals surface area contributed by atoms with Gasteiger partial charge in [-0.05, 0) is 59.4 Å². The predicted octanol–water partition coefficient (Wildman–Crippen LogP) is 5.45. The minimum Gasteiger partial charge on any atom is -0.495 e. The maximum Gasteiger partial charge on any atom is 0.245 e. The van der Waals surface area contributed by atoms with E-state index in [2.05, 4.69) is 9.69 Å². The summed E-state index contributed by atoms with van der Waals surface area (Å²) >= 11 is 1.36. The van der Waals surface area contributed by atoms with Gasteiger partial charge in [0.2, 0.25) is 5.91 Å². The van der Waals surface area contributed by atoms with Gasteiger partial charge in [-0.15, -0.1) is 0 Å². The number of benzene rings is 3. The van der Waals surface area contributed by atoms with Crippen molar-refractivity contribution in [1.82, 2.24) is 4.37 Å². The number of aryl methyl sites for hydroxylation is 1. The lowest BCUT2D eigenvalue weighted by atomic mass is 9.99. The van der Waals surface area contributed by atoms with E-state index in [1.807, 2.05) is 73.0 Å². The predicted molar refractivity (Wildman–Crippen MR) is 139 cm³/mol. The third-order valence-corrected chi connectivity index (χ3v) is 6.35. The van der Waals surface area contributed by atoms with E-state index in [9.17, 15) is 4.79 Å². The van der Waals surface area contributed by atoms with E-state index in [0.717, 1.165) is 33.5 Å². The number of nitrogens with one attached hydrogen (secondary N) is 1. The highest BCUT2D eigenvalue weighted by atomic mass is 32.1. The molecule has 1 amide bonds. The van der Waals surface area contributed by atoms with Gasteiger partial charge in [-0.3, -0.25) is 4.79 Å². The van der Waals surface area contributed by atoms with E-state index in [1.165, 1.54) is 11.5 Å². The van der Waals surface area contributed by atoms with Crippen molar-refractivity contribution in [3.63, 3.8) is 0 Å². The molecule has 0 aliphatic heterocycles. The van der Waals surface area contributed by atoms with E-state index in [4.69, 9.17) is 19.9 Å². The van der Waals surface area contributed by atoms with E-state index in [1.54, 1.807) is 21.3 Å². The van der Waals surface area contributed by atoms with Crippen molar-refractivity contribution in [2.45, 2.75) is 13.0 Å². The molecule has 0 saturated heterocycles. The summed E-state index contributed by atoms with van der Waals surface area (Å²) in [5.41, 5.74) is 11.9. The SMILES string of the molecule is COc1ccc(-c2csnc2-c2cc(C)c(OC)c(OC)c2)cc1NC(=O)[C@@H](N)c1ccccc1. The van der Waals surface area contributed by atoms with Crippen LogP contribution in [-0.4, -0.2) is 31.6 Å². The summed E-state index contributed by atoms with van der Waals surface area (Å²) in [6.45, 7) is 1.97. The lowest BCUT2D eigenvalue weighted by Crippen LogP contribution is -2.27. The van der Waals surface area contributed by atoms with Gasteiger partial charge in [-0.25, -0.2) is 0 Å². The maximum atomic E-state index is 12.9. The molecule has 1 atom stereocenters. The summed E-state index contributed by atoms with van der Waals surface area (Å²) < 4.78 is 21.1. The van der Waals surface area contributed by atoms with Crippen molar-refractivity contribution in [3.8, 4) is 39.6 Å². The Morgan fingerprint density at radius 3 is 2.37 bits per heavy atom. The molecule has 0 aliphatic carbocycles. The van der Waals surface area contributed by atoms with Crippen LogP contribution in [0.15, 0.2) is 66.0 Å². The number of hydrogen-bond donors (Lipinski definition) is 2. The fourth-order valence-electron chi connectivity index (χ4n) is 3.94. The Balaban J connectivity index is 1.69. The Morgan fingerprint density at radius 2 is 1.69 bits per heavy atom. The molecule has 35 heavy (non-hydrogen) atoms. The first-order valence-electron chi connectivity index (χ1n) is 10.9. The number of ether oxygens (including phenoxy) is 3. The number of aromatic nitrogens is 1. The Morgan fingerprint density at radius 1 is 0.943 bits per heavy atom. The van der Waals surface area contributed by atoms with Gasteiger partial charge in [-0.1, -0.05) is 36.4 Å². The second-order valence-corrected chi connectivity index (χ2v) is 8.53. The first-order valence-corrected chi connectivity index (χ1v) is 11.8. The molecule has 1 heterocycles. The number of carbonyl (C=O) groups excluding carboxylic acids is 1. The lowest BCUT2D eigenvalue weighted by Gasteiger charge is -2.16. The van der Waals surface area contributed by atoms with Gasteiger partial charge in [0.1, 0.15) is 11.8 Å². The second-order valence-electron chi connectivity index (χ2n) is 7.90. The Kier molecular flexibility index (Phi) is 7.33. The maximum absolute atomic E-state index is 12.9. The zero-order chi connectivity index (χ0) is 24.9. The van der Waals surface area contributed by atoms with Crippen molar-refractivity contribution < 1.29 is 19.0 Å². The van der Waals surface area contributed by atoms with E-state index in [-0.39, 0.29) is 5.91 Å². The van der Waals surface area contributed by atoms with Crippen LogP contribution >= 0.6 is 11.5 Å². The molecule has 4 aromatic rings. The average Bonchev–Trinajstić information content (AvgIpc) is 3.38. The van der Waals surface area contributed by atoms with Gasteiger partial charge in [0.05, 0.1) is 32.7 Å². The van der Waals surface area contributed by atoms with Gasteiger partial charge in [0.15, 0.2) is 11.5 Å². The molecule has 0 unspecified atom stereocenters. The molecule has 0 saturated carbocycles. The average molecular weight is 490 g/mol. The van der Waals surface area contributed by atoms with Crippen molar-refractivity contribution in [2.24, 2.45) is 5.73 Å². The highest BCUT2D eigenvalue weighted by Crippen LogP contribution is 2.41. The van der Waals surface area contributed by atoms with Gasteiger partial charge >= 0.3 is 0 Å². The van der Waals surface area contributed by atoms with Crippen LogP contribution in [0, 0.1) is 6.92 Å². The third kappa shape index (κ3) is 4.99. The number of amides is 1. The molecule has 0 radical (unpaired) electrons. The minimum absolute atomic E-state index is 0.328. The van der Waals surface area contributed by atoms with Crippen LogP contribution in [-0.2, 0) is 4.79 Å². The summed E-state index contributed by atoms with van der Waals surface area (Å²) in [7, 11) is 4.79. The molecular weight excluding hydrogens is 462 g/mol. The molecular formula is C27H27N3O4S. The molecule has 0 spiro atoms. The first kappa shape index (κ1) is 24.3. The summed E-state index contributed by atoms with van der Waals surface area (Å²) in [4.78, 5) is 12.9. The van der Waals surface area contributed by atoms with Crippen LogP contribution < -0.4 is 25.3 Å². The molecule has 3 N–H and O–H groups in total. The Labute approximate surface area is 208 Å². The number of nitrogens with two attached hydrogens (primary N) is 1. The molecule has 0 aliphatic rings. The number of anilines is 1. The largest absolute Gasteiger partial charge is 0.495 e. The topological polar surface area (TPSA) is 95.7 Å². The van der Waals surface area contributed by atoms with Crippen molar-refractivity contribution >= 4 is 23.1 Å². The standard InChI is InChI=1S/C27H27N3O4S/c1-16-12-19(14-23(33-3)26(16)34-4)25-20(15-35-30-25)18-10-11-22(32-2)21(13-18)29-27(31)24(28)17-8-6-5-7-9-17/h5-15,24H,28H2,1-4H3,(H,29,31)/t24-/m0/s1. The molecule has 0 fully saturated rings. The molecule has 8 heteroatoms. The zero-order valence-corrected chi connectivity index (χ0v) is 20.8. The minimum atomic E-state index is -0.808.